The molecule has 0 amide bonds. The molecule has 2 heterocycles. The number of carbonyl (C=O) groups is 1. The lowest BCUT2D eigenvalue weighted by Gasteiger charge is -2.31. The number of ether oxygens (including phenoxy) is 1. The molecule has 1 aliphatic rings. The van der Waals surface area contributed by atoms with Gasteiger partial charge in [-0.25, -0.2) is 14.8 Å². The molecule has 1 atom stereocenters. The second kappa shape index (κ2) is 5.12. The fourth-order valence-electron chi connectivity index (χ4n) is 2.13. The summed E-state index contributed by atoms with van der Waals surface area (Å²) in [4.78, 5) is 21.7. The van der Waals surface area contributed by atoms with Gasteiger partial charge in [-0.2, -0.15) is 0 Å². The molecule has 0 radical (unpaired) electrons. The van der Waals surface area contributed by atoms with E-state index in [4.69, 9.17) is 0 Å². The third-order valence-corrected chi connectivity index (χ3v) is 3.03. The normalized spacial score (nSPS) is 20.1. The summed E-state index contributed by atoms with van der Waals surface area (Å²) in [6, 6.07) is 1.70. The van der Waals surface area contributed by atoms with Crippen molar-refractivity contribution in [2.75, 3.05) is 25.1 Å². The lowest BCUT2D eigenvalue weighted by atomic mass is 10.0. The van der Waals surface area contributed by atoms with E-state index < -0.39 is 5.97 Å². The fraction of sp³-hybridized carbons (Fsp3) is 0.583. The van der Waals surface area contributed by atoms with Crippen molar-refractivity contribution < 1.29 is 9.53 Å². The van der Waals surface area contributed by atoms with Crippen molar-refractivity contribution in [2.45, 2.75) is 19.8 Å². The molecule has 0 bridgehead atoms. The number of hydrogen-bond acceptors (Lipinski definition) is 5. The second-order valence-corrected chi connectivity index (χ2v) is 4.45. The Morgan fingerprint density at radius 3 is 3.06 bits per heavy atom. The maximum Gasteiger partial charge on any atom is 0.356 e. The Labute approximate surface area is 101 Å². The summed E-state index contributed by atoms with van der Waals surface area (Å²) in [5.41, 5.74) is 0.315. The summed E-state index contributed by atoms with van der Waals surface area (Å²) in [6.07, 6.45) is 3.84. The minimum absolute atomic E-state index is 0.315. The van der Waals surface area contributed by atoms with Crippen molar-refractivity contribution in [3.63, 3.8) is 0 Å². The molecule has 5 nitrogen and oxygen atoms in total. The van der Waals surface area contributed by atoms with Crippen LogP contribution in [0.2, 0.25) is 0 Å². The average Bonchev–Trinajstić information content (AvgIpc) is 2.38. The smallest absolute Gasteiger partial charge is 0.356 e. The Morgan fingerprint density at radius 1 is 1.53 bits per heavy atom. The summed E-state index contributed by atoms with van der Waals surface area (Å²) in [5.74, 6) is 1.06. The molecule has 1 saturated heterocycles. The van der Waals surface area contributed by atoms with Gasteiger partial charge in [-0.1, -0.05) is 6.92 Å². The first kappa shape index (κ1) is 11.8. The van der Waals surface area contributed by atoms with Crippen molar-refractivity contribution in [3.05, 3.63) is 18.1 Å². The van der Waals surface area contributed by atoms with E-state index in [9.17, 15) is 4.79 Å². The number of rotatable bonds is 2. The van der Waals surface area contributed by atoms with Crippen LogP contribution < -0.4 is 4.90 Å². The number of hydrogen-bond donors (Lipinski definition) is 0. The molecule has 92 valence electrons. The molecule has 5 heteroatoms. The molecular weight excluding hydrogens is 218 g/mol. The highest BCUT2D eigenvalue weighted by atomic mass is 16.5. The van der Waals surface area contributed by atoms with Crippen LogP contribution in [0.25, 0.3) is 0 Å². The summed E-state index contributed by atoms with van der Waals surface area (Å²) in [5, 5.41) is 0. The topological polar surface area (TPSA) is 55.3 Å². The third-order valence-electron chi connectivity index (χ3n) is 3.03. The van der Waals surface area contributed by atoms with E-state index in [2.05, 4.69) is 26.5 Å². The lowest BCUT2D eigenvalue weighted by molar-refractivity contribution is 0.0594. The van der Waals surface area contributed by atoms with Gasteiger partial charge in [-0.15, -0.1) is 0 Å². The molecule has 0 aromatic carbocycles. The van der Waals surface area contributed by atoms with E-state index in [-0.39, 0.29) is 0 Å². The van der Waals surface area contributed by atoms with Crippen LogP contribution in [0.5, 0.6) is 0 Å². The van der Waals surface area contributed by atoms with Gasteiger partial charge in [0.05, 0.1) is 7.11 Å². The lowest BCUT2D eigenvalue weighted by Crippen LogP contribution is -2.35. The Hall–Kier alpha value is -1.65. The van der Waals surface area contributed by atoms with Crippen molar-refractivity contribution in [1.29, 1.82) is 0 Å². The average molecular weight is 235 g/mol. The fourth-order valence-corrected chi connectivity index (χ4v) is 2.13. The van der Waals surface area contributed by atoms with Gasteiger partial charge in [0.25, 0.3) is 0 Å². The van der Waals surface area contributed by atoms with E-state index in [1.807, 2.05) is 0 Å². The maximum atomic E-state index is 11.4. The first-order valence-electron chi connectivity index (χ1n) is 5.86. The van der Waals surface area contributed by atoms with Crippen LogP contribution in [0.1, 0.15) is 30.3 Å². The number of piperidine rings is 1. The van der Waals surface area contributed by atoms with Gasteiger partial charge in [0.1, 0.15) is 12.1 Å². The van der Waals surface area contributed by atoms with Crippen LogP contribution in [0.15, 0.2) is 12.4 Å². The number of nitrogens with zero attached hydrogens (tertiary/aromatic N) is 3. The van der Waals surface area contributed by atoms with Gasteiger partial charge >= 0.3 is 5.97 Å². The minimum atomic E-state index is -0.418. The molecule has 1 aromatic heterocycles. The molecule has 0 aliphatic carbocycles. The second-order valence-electron chi connectivity index (χ2n) is 4.45. The highest BCUT2D eigenvalue weighted by Gasteiger charge is 2.19. The molecule has 17 heavy (non-hydrogen) atoms. The molecule has 0 spiro atoms. The van der Waals surface area contributed by atoms with E-state index in [0.717, 1.165) is 18.9 Å². The number of esters is 1. The molecule has 1 aromatic rings. The van der Waals surface area contributed by atoms with Gasteiger partial charge in [0, 0.05) is 19.2 Å². The Balaban J connectivity index is 2.17. The predicted molar refractivity (Wildman–Crippen MR) is 64.0 cm³/mol. The number of methoxy groups -OCH3 is 1. The quantitative estimate of drug-likeness (QED) is 0.727. The maximum absolute atomic E-state index is 11.4. The largest absolute Gasteiger partial charge is 0.464 e. The summed E-state index contributed by atoms with van der Waals surface area (Å²) < 4.78 is 4.65. The van der Waals surface area contributed by atoms with Crippen molar-refractivity contribution >= 4 is 11.8 Å². The molecule has 1 fully saturated rings. The monoisotopic (exact) mass is 235 g/mol. The van der Waals surface area contributed by atoms with E-state index in [1.165, 1.54) is 26.3 Å². The third kappa shape index (κ3) is 2.72. The highest BCUT2D eigenvalue weighted by Crippen LogP contribution is 2.21. The summed E-state index contributed by atoms with van der Waals surface area (Å²) in [6.45, 7) is 4.20. The van der Waals surface area contributed by atoms with E-state index in [1.54, 1.807) is 6.07 Å². The van der Waals surface area contributed by atoms with E-state index >= 15 is 0 Å². The van der Waals surface area contributed by atoms with Gasteiger partial charge in [-0.05, 0) is 18.8 Å². The van der Waals surface area contributed by atoms with Crippen molar-refractivity contribution in [3.8, 4) is 0 Å². The zero-order valence-electron chi connectivity index (χ0n) is 10.2. The minimum Gasteiger partial charge on any atom is -0.464 e. The Bertz CT molecular complexity index is 408. The molecule has 0 unspecified atom stereocenters. The number of carbonyl (C=O) groups excluding carboxylic acids is 1. The highest BCUT2D eigenvalue weighted by molar-refractivity contribution is 5.87. The molecule has 2 rings (SSSR count). The van der Waals surface area contributed by atoms with E-state index in [0.29, 0.717) is 11.6 Å². The Morgan fingerprint density at radius 2 is 2.35 bits per heavy atom. The molecular formula is C12H17N3O2. The van der Waals surface area contributed by atoms with Gasteiger partial charge in [0.15, 0.2) is 5.69 Å². The first-order valence-corrected chi connectivity index (χ1v) is 5.86. The van der Waals surface area contributed by atoms with Crippen LogP contribution in [-0.2, 0) is 4.74 Å². The SMILES string of the molecule is COC(=O)c1cc(N2CCC[C@H](C)C2)ncn1. The number of anilines is 1. The zero-order valence-corrected chi connectivity index (χ0v) is 10.2. The summed E-state index contributed by atoms with van der Waals surface area (Å²) >= 11 is 0. The van der Waals surface area contributed by atoms with Gasteiger partial charge in [-0.3, -0.25) is 0 Å². The van der Waals surface area contributed by atoms with Crippen LogP contribution in [0.3, 0.4) is 0 Å². The zero-order chi connectivity index (χ0) is 12.3. The summed E-state index contributed by atoms with van der Waals surface area (Å²) in [7, 11) is 1.35. The Kier molecular flexibility index (Phi) is 3.56. The first-order chi connectivity index (χ1) is 8.20. The van der Waals surface area contributed by atoms with Crippen LogP contribution in [-0.4, -0.2) is 36.1 Å². The standard InChI is InChI=1S/C12H17N3O2/c1-9-4-3-5-15(7-9)11-6-10(12(16)17-2)13-8-14-11/h6,8-9H,3-5,7H2,1-2H3/t9-/m0/s1. The van der Waals surface area contributed by atoms with Crippen LogP contribution in [0, 0.1) is 5.92 Å². The van der Waals surface area contributed by atoms with Crippen molar-refractivity contribution in [1.82, 2.24) is 9.97 Å². The van der Waals surface area contributed by atoms with Crippen LogP contribution >= 0.6 is 0 Å². The number of aromatic nitrogens is 2. The molecule has 1 aliphatic heterocycles. The molecule has 0 N–H and O–H groups in total. The van der Waals surface area contributed by atoms with Gasteiger partial charge in [0.2, 0.25) is 0 Å². The van der Waals surface area contributed by atoms with Crippen molar-refractivity contribution in [2.24, 2.45) is 5.92 Å². The van der Waals surface area contributed by atoms with Crippen LogP contribution in [0.4, 0.5) is 5.82 Å². The molecule has 0 saturated carbocycles. The predicted octanol–water partition coefficient (Wildman–Crippen LogP) is 1.50. The van der Waals surface area contributed by atoms with Gasteiger partial charge < -0.3 is 9.64 Å².